The van der Waals surface area contributed by atoms with E-state index in [1.54, 1.807) is 12.1 Å². The van der Waals surface area contributed by atoms with Crippen LogP contribution in [0, 0.1) is 0 Å². The smallest absolute Gasteiger partial charge is 0.218 e. The molecule has 0 heterocycles. The number of nitrogens with one attached hydrogen (secondary N) is 1. The van der Waals surface area contributed by atoms with E-state index in [0.717, 1.165) is 4.47 Å². The molecule has 5 N–H and O–H groups in total. The quantitative estimate of drug-likeness (QED) is 0.542. The van der Waals surface area contributed by atoms with Gasteiger partial charge in [0.25, 0.3) is 0 Å². The maximum absolute atomic E-state index is 6.00. The van der Waals surface area contributed by atoms with Crippen LogP contribution in [0.1, 0.15) is 0 Å². The molecule has 8 heteroatoms. The zero-order chi connectivity index (χ0) is 13.0. The summed E-state index contributed by atoms with van der Waals surface area (Å²) in [5, 5.41) is 3.58. The number of aliphatic imine (C=N–C) groups is 2. The van der Waals surface area contributed by atoms with E-state index >= 15 is 0 Å². The van der Waals surface area contributed by atoms with Crippen molar-refractivity contribution in [2.24, 2.45) is 21.5 Å². The zero-order valence-corrected chi connectivity index (χ0v) is 11.9. The molecule has 0 aliphatic rings. The van der Waals surface area contributed by atoms with Crippen molar-refractivity contribution >= 4 is 56.7 Å². The van der Waals surface area contributed by atoms with E-state index in [2.05, 4.69) is 31.2 Å². The molecule has 0 saturated carbocycles. The Hall–Kier alpha value is -0.980. The Balaban J connectivity index is 3.00. The Morgan fingerprint density at radius 3 is 2.29 bits per heavy atom. The van der Waals surface area contributed by atoms with Gasteiger partial charge in [-0.1, -0.05) is 39.1 Å². The molecule has 0 aromatic heterocycles. The molecule has 0 aliphatic heterocycles. The Morgan fingerprint density at radius 2 is 1.82 bits per heavy atom. The van der Waals surface area contributed by atoms with Crippen LogP contribution >= 0.6 is 39.1 Å². The van der Waals surface area contributed by atoms with Crippen molar-refractivity contribution < 1.29 is 0 Å². The van der Waals surface area contributed by atoms with Gasteiger partial charge in [0.2, 0.25) is 11.9 Å². The van der Waals surface area contributed by atoms with E-state index in [1.807, 2.05) is 0 Å². The van der Waals surface area contributed by atoms with Crippen LogP contribution in [0.3, 0.4) is 0 Å². The van der Waals surface area contributed by atoms with Crippen molar-refractivity contribution in [2.75, 3.05) is 12.4 Å². The molecule has 0 unspecified atom stereocenters. The van der Waals surface area contributed by atoms with E-state index in [-0.39, 0.29) is 11.9 Å². The lowest BCUT2D eigenvalue weighted by atomic mass is 10.3. The van der Waals surface area contributed by atoms with Crippen LogP contribution in [0.5, 0.6) is 0 Å². The standard InChI is InChI=1S/C9H10BrCl2N5/c1-15-8(13)17-9(14)16-7-5(11)2-4(10)3-6(7)12/h2-3H,1H3,(H5,13,14,15,16,17). The molecule has 0 radical (unpaired) electrons. The second-order valence-electron chi connectivity index (χ2n) is 2.95. The van der Waals surface area contributed by atoms with Gasteiger partial charge in [0.15, 0.2) is 0 Å². The average molecular weight is 339 g/mol. The number of guanidine groups is 2. The van der Waals surface area contributed by atoms with Crippen LogP contribution in [0.25, 0.3) is 0 Å². The maximum atomic E-state index is 6.00. The van der Waals surface area contributed by atoms with E-state index in [1.165, 1.54) is 7.05 Å². The fourth-order valence-corrected chi connectivity index (χ4v) is 2.29. The summed E-state index contributed by atoms with van der Waals surface area (Å²) in [5.74, 6) is 0.110. The van der Waals surface area contributed by atoms with Gasteiger partial charge in [-0.2, -0.15) is 4.99 Å². The van der Waals surface area contributed by atoms with Gasteiger partial charge < -0.3 is 16.8 Å². The normalized spacial score (nSPS) is 12.7. The number of hydrogen-bond donors (Lipinski definition) is 3. The minimum atomic E-state index is 0.0548. The van der Waals surface area contributed by atoms with Gasteiger partial charge in [0.1, 0.15) is 0 Å². The van der Waals surface area contributed by atoms with Crippen molar-refractivity contribution in [3.8, 4) is 0 Å². The Bertz CT molecular complexity index is 463. The summed E-state index contributed by atoms with van der Waals surface area (Å²) >= 11 is 15.3. The fourth-order valence-electron chi connectivity index (χ4n) is 0.991. The van der Waals surface area contributed by atoms with E-state index in [4.69, 9.17) is 34.7 Å². The molecular formula is C9H10BrCl2N5. The highest BCUT2D eigenvalue weighted by Gasteiger charge is 2.08. The first-order chi connectivity index (χ1) is 7.93. The number of anilines is 1. The van der Waals surface area contributed by atoms with E-state index in [9.17, 15) is 0 Å². The fraction of sp³-hybridized carbons (Fsp3) is 0.111. The molecule has 0 spiro atoms. The minimum absolute atomic E-state index is 0.0548. The summed E-state index contributed by atoms with van der Waals surface area (Å²) in [5.41, 5.74) is 11.5. The molecule has 0 bridgehead atoms. The summed E-state index contributed by atoms with van der Waals surface area (Å²) < 4.78 is 0.767. The van der Waals surface area contributed by atoms with Crippen LogP contribution in [0.4, 0.5) is 5.69 Å². The van der Waals surface area contributed by atoms with E-state index < -0.39 is 0 Å². The summed E-state index contributed by atoms with van der Waals surface area (Å²) in [6.07, 6.45) is 0. The second kappa shape index (κ2) is 6.09. The summed E-state index contributed by atoms with van der Waals surface area (Å²) in [6.45, 7) is 0. The highest BCUT2D eigenvalue weighted by atomic mass is 79.9. The Kier molecular flexibility index (Phi) is 5.04. The molecule has 1 rings (SSSR count). The van der Waals surface area contributed by atoms with Crippen molar-refractivity contribution in [3.63, 3.8) is 0 Å². The third-order valence-corrected chi connectivity index (χ3v) is 2.78. The highest BCUT2D eigenvalue weighted by molar-refractivity contribution is 9.10. The molecule has 1 aromatic rings. The molecule has 0 amide bonds. The van der Waals surface area contributed by atoms with Crippen molar-refractivity contribution in [2.45, 2.75) is 0 Å². The number of halogens is 3. The first-order valence-electron chi connectivity index (χ1n) is 4.42. The van der Waals surface area contributed by atoms with Crippen LogP contribution in [0.15, 0.2) is 26.6 Å². The zero-order valence-electron chi connectivity index (χ0n) is 8.84. The minimum Gasteiger partial charge on any atom is -0.369 e. The second-order valence-corrected chi connectivity index (χ2v) is 4.68. The lowest BCUT2D eigenvalue weighted by Gasteiger charge is -2.09. The SMILES string of the molecule is CN=C(N)N=C(N)Nc1c(Cl)cc(Br)cc1Cl. The van der Waals surface area contributed by atoms with Gasteiger partial charge in [-0.25, -0.2) is 0 Å². The van der Waals surface area contributed by atoms with E-state index in [0.29, 0.717) is 15.7 Å². The Labute approximate surface area is 117 Å². The topological polar surface area (TPSA) is 88.8 Å². The van der Waals surface area contributed by atoms with Gasteiger partial charge in [-0.05, 0) is 12.1 Å². The summed E-state index contributed by atoms with van der Waals surface area (Å²) in [7, 11) is 1.51. The van der Waals surface area contributed by atoms with Crippen molar-refractivity contribution in [1.29, 1.82) is 0 Å². The number of nitrogens with zero attached hydrogens (tertiary/aromatic N) is 2. The van der Waals surface area contributed by atoms with Crippen LogP contribution in [-0.2, 0) is 0 Å². The van der Waals surface area contributed by atoms with Gasteiger partial charge in [0.05, 0.1) is 15.7 Å². The highest BCUT2D eigenvalue weighted by Crippen LogP contribution is 2.33. The van der Waals surface area contributed by atoms with Gasteiger partial charge in [-0.15, -0.1) is 0 Å². The van der Waals surface area contributed by atoms with Gasteiger partial charge in [-0.3, -0.25) is 4.99 Å². The lowest BCUT2D eigenvalue weighted by Crippen LogP contribution is -2.26. The first-order valence-corrected chi connectivity index (χ1v) is 5.97. The van der Waals surface area contributed by atoms with Crippen LogP contribution in [-0.4, -0.2) is 19.0 Å². The third-order valence-electron chi connectivity index (χ3n) is 1.72. The number of nitrogens with two attached hydrogens (primary N) is 2. The average Bonchev–Trinajstić information content (AvgIpc) is 2.23. The predicted octanol–water partition coefficient (Wildman–Crippen LogP) is 2.43. The molecular weight excluding hydrogens is 329 g/mol. The number of benzene rings is 1. The number of rotatable bonds is 1. The summed E-state index contributed by atoms with van der Waals surface area (Å²) in [6, 6.07) is 3.36. The molecule has 0 aliphatic carbocycles. The number of hydrogen-bond acceptors (Lipinski definition) is 1. The third kappa shape index (κ3) is 4.07. The Morgan fingerprint density at radius 1 is 1.29 bits per heavy atom. The monoisotopic (exact) mass is 337 g/mol. The molecule has 17 heavy (non-hydrogen) atoms. The maximum Gasteiger partial charge on any atom is 0.218 e. The summed E-state index contributed by atoms with van der Waals surface area (Å²) in [4.78, 5) is 7.42. The molecule has 0 fully saturated rings. The first kappa shape index (κ1) is 14.1. The molecule has 0 atom stereocenters. The van der Waals surface area contributed by atoms with Gasteiger partial charge in [0, 0.05) is 11.5 Å². The van der Waals surface area contributed by atoms with Crippen LogP contribution in [0.2, 0.25) is 10.0 Å². The van der Waals surface area contributed by atoms with Crippen molar-refractivity contribution in [1.82, 2.24) is 0 Å². The molecule has 1 aromatic carbocycles. The van der Waals surface area contributed by atoms with Crippen LogP contribution < -0.4 is 16.8 Å². The predicted molar refractivity (Wildman–Crippen MR) is 77.0 cm³/mol. The molecule has 0 saturated heterocycles. The van der Waals surface area contributed by atoms with Crippen molar-refractivity contribution in [3.05, 3.63) is 26.7 Å². The van der Waals surface area contributed by atoms with Gasteiger partial charge >= 0.3 is 0 Å². The largest absolute Gasteiger partial charge is 0.369 e. The molecule has 92 valence electrons. The molecule has 5 nitrogen and oxygen atoms in total. The lowest BCUT2D eigenvalue weighted by molar-refractivity contribution is 1.34.